The van der Waals surface area contributed by atoms with Crippen LogP contribution in [0.1, 0.15) is 24.0 Å². The number of carbonyl (C=O) groups excluding carboxylic acids is 1. The Labute approximate surface area is 115 Å². The van der Waals surface area contributed by atoms with Crippen molar-refractivity contribution in [2.24, 2.45) is 4.99 Å². The normalized spacial score (nSPS) is 34.2. The first kappa shape index (κ1) is 12.0. The van der Waals surface area contributed by atoms with Crippen LogP contribution in [0.3, 0.4) is 0 Å². The fourth-order valence-electron chi connectivity index (χ4n) is 2.37. The molecule has 0 aromatic heterocycles. The number of benzene rings is 1. The van der Waals surface area contributed by atoms with Gasteiger partial charge in [0.2, 0.25) is 5.00 Å². The summed E-state index contributed by atoms with van der Waals surface area (Å²) >= 11 is 12.3. The first-order chi connectivity index (χ1) is 8.46. The van der Waals surface area contributed by atoms with Crippen molar-refractivity contribution < 1.29 is 9.53 Å². The molecule has 1 saturated heterocycles. The van der Waals surface area contributed by atoms with E-state index in [0.29, 0.717) is 12.8 Å². The molecule has 5 heteroatoms. The molecular weight excluding hydrogens is 273 g/mol. The maximum Gasteiger partial charge on any atom is 0.350 e. The lowest BCUT2D eigenvalue weighted by Gasteiger charge is -2.45. The number of rotatable bonds is 1. The summed E-state index contributed by atoms with van der Waals surface area (Å²) in [4.78, 5) is 14.6. The zero-order valence-electron chi connectivity index (χ0n) is 9.74. The lowest BCUT2D eigenvalue weighted by atomic mass is 9.83. The van der Waals surface area contributed by atoms with Crippen LogP contribution in [0.5, 0.6) is 0 Å². The Morgan fingerprint density at radius 1 is 1.28 bits per heavy atom. The van der Waals surface area contributed by atoms with E-state index in [1.807, 2.05) is 31.2 Å². The molecule has 3 aliphatic rings. The minimum Gasteiger partial charge on any atom is -0.444 e. The number of fused-ring (bicyclic) bond motifs is 2. The minimum absolute atomic E-state index is 0.257. The molecule has 2 bridgehead atoms. The highest BCUT2D eigenvalue weighted by Gasteiger charge is 2.58. The van der Waals surface area contributed by atoms with Crippen LogP contribution in [0, 0.1) is 6.92 Å². The second kappa shape index (κ2) is 3.72. The fourth-order valence-corrected chi connectivity index (χ4v) is 3.02. The monoisotopic (exact) mass is 283 g/mol. The lowest BCUT2D eigenvalue weighted by molar-refractivity contribution is -0.167. The van der Waals surface area contributed by atoms with Crippen molar-refractivity contribution in [3.05, 3.63) is 35.4 Å². The third-order valence-corrected chi connectivity index (χ3v) is 4.33. The number of aryl methyl sites for hydroxylation is 1. The summed E-state index contributed by atoms with van der Waals surface area (Å²) in [6.45, 7) is 1.99. The number of halogens is 2. The van der Waals surface area contributed by atoms with Gasteiger partial charge in [-0.05, 0) is 6.92 Å². The summed E-state index contributed by atoms with van der Waals surface area (Å²) < 4.78 is 5.48. The van der Waals surface area contributed by atoms with Gasteiger partial charge in [-0.1, -0.05) is 53.0 Å². The molecule has 0 amide bonds. The summed E-state index contributed by atoms with van der Waals surface area (Å²) in [5.74, 6) is -0.514. The van der Waals surface area contributed by atoms with Gasteiger partial charge in [0.15, 0.2) is 10.8 Å². The van der Waals surface area contributed by atoms with Gasteiger partial charge < -0.3 is 4.74 Å². The van der Waals surface area contributed by atoms with Crippen molar-refractivity contribution >= 4 is 34.3 Å². The van der Waals surface area contributed by atoms with E-state index in [2.05, 4.69) is 4.99 Å². The topological polar surface area (TPSA) is 38.7 Å². The molecule has 18 heavy (non-hydrogen) atoms. The average Bonchev–Trinajstić information content (AvgIpc) is 2.33. The van der Waals surface area contributed by atoms with E-state index in [0.717, 1.165) is 11.1 Å². The van der Waals surface area contributed by atoms with Crippen LogP contribution >= 0.6 is 23.2 Å². The van der Waals surface area contributed by atoms with Gasteiger partial charge in [-0.3, -0.25) is 0 Å². The summed E-state index contributed by atoms with van der Waals surface area (Å²) in [6.07, 6.45) is 1.01. The van der Waals surface area contributed by atoms with Crippen LogP contribution in [0.2, 0.25) is 0 Å². The van der Waals surface area contributed by atoms with Gasteiger partial charge in [-0.2, -0.15) is 0 Å². The number of hydrogen-bond donors (Lipinski definition) is 0. The van der Waals surface area contributed by atoms with E-state index in [1.54, 1.807) is 0 Å². The second-order valence-electron chi connectivity index (χ2n) is 4.74. The predicted molar refractivity (Wildman–Crippen MR) is 70.1 cm³/mol. The van der Waals surface area contributed by atoms with Crippen molar-refractivity contribution in [3.63, 3.8) is 0 Å². The van der Waals surface area contributed by atoms with Crippen molar-refractivity contribution in [1.82, 2.24) is 0 Å². The summed E-state index contributed by atoms with van der Waals surface area (Å²) in [6, 6.07) is 7.73. The molecular formula is C13H11Cl2NO2. The molecule has 2 atom stereocenters. The number of carbonyl (C=O) groups is 1. The molecule has 0 radical (unpaired) electrons. The highest BCUT2D eigenvalue weighted by atomic mass is 35.5. The molecule has 1 aromatic carbocycles. The zero-order valence-corrected chi connectivity index (χ0v) is 11.3. The van der Waals surface area contributed by atoms with Gasteiger partial charge in [-0.25, -0.2) is 9.79 Å². The Morgan fingerprint density at radius 3 is 2.50 bits per heavy atom. The molecule has 0 aliphatic carbocycles. The van der Waals surface area contributed by atoms with Crippen LogP contribution in [0.4, 0.5) is 0 Å². The van der Waals surface area contributed by atoms with Crippen molar-refractivity contribution in [1.29, 1.82) is 0 Å². The molecule has 0 N–H and O–H groups in total. The largest absolute Gasteiger partial charge is 0.444 e. The van der Waals surface area contributed by atoms with E-state index in [4.69, 9.17) is 27.9 Å². The third kappa shape index (κ3) is 1.50. The molecule has 2 unspecified atom stereocenters. The molecule has 0 spiro atoms. The van der Waals surface area contributed by atoms with Crippen molar-refractivity contribution in [2.75, 3.05) is 0 Å². The lowest BCUT2D eigenvalue weighted by Crippen LogP contribution is -2.55. The number of aliphatic imine (C=N–C) groups is 1. The maximum atomic E-state index is 11.8. The highest BCUT2D eigenvalue weighted by molar-refractivity contribution is 6.68. The SMILES string of the molecule is Cc1ccc(C23CCC(Cl)(N=C2Cl)C(=O)O3)cc1. The van der Waals surface area contributed by atoms with Crippen molar-refractivity contribution in [2.45, 2.75) is 30.4 Å². The molecule has 4 rings (SSSR count). The first-order valence-electron chi connectivity index (χ1n) is 5.72. The van der Waals surface area contributed by atoms with Gasteiger partial charge in [-0.15, -0.1) is 0 Å². The van der Waals surface area contributed by atoms with Crippen molar-refractivity contribution in [3.8, 4) is 0 Å². The molecule has 94 valence electrons. The minimum atomic E-state index is -1.32. The van der Waals surface area contributed by atoms with Crippen LogP contribution in [0.15, 0.2) is 29.3 Å². The Bertz CT molecular complexity index is 555. The van der Waals surface area contributed by atoms with E-state index >= 15 is 0 Å². The molecule has 0 saturated carbocycles. The second-order valence-corrected chi connectivity index (χ2v) is 5.73. The number of nitrogens with zero attached hydrogens (tertiary/aromatic N) is 1. The average molecular weight is 284 g/mol. The number of ether oxygens (including phenoxy) is 1. The van der Waals surface area contributed by atoms with E-state index in [1.165, 1.54) is 0 Å². The number of esters is 1. The van der Waals surface area contributed by atoms with E-state index in [9.17, 15) is 4.79 Å². The Hall–Kier alpha value is -1.06. The van der Waals surface area contributed by atoms with Crippen LogP contribution < -0.4 is 0 Å². The molecule has 1 aromatic rings. The van der Waals surface area contributed by atoms with Gasteiger partial charge in [0.05, 0.1) is 0 Å². The quantitative estimate of drug-likeness (QED) is 0.451. The van der Waals surface area contributed by atoms with E-state index < -0.39 is 16.6 Å². The van der Waals surface area contributed by atoms with Gasteiger partial charge in [0.25, 0.3) is 0 Å². The summed E-state index contributed by atoms with van der Waals surface area (Å²) in [5, 5.41) is 0.257. The Morgan fingerprint density at radius 2 is 1.94 bits per heavy atom. The van der Waals surface area contributed by atoms with Crippen LogP contribution in [-0.4, -0.2) is 16.1 Å². The standard InChI is InChI=1S/C13H11Cl2NO2/c1-8-2-4-9(5-3-8)12-6-7-13(15,11(17)18-12)16-10(12)14/h2-5H,6-7H2,1H3. The third-order valence-electron chi connectivity index (χ3n) is 3.51. The van der Waals surface area contributed by atoms with E-state index in [-0.39, 0.29) is 5.17 Å². The zero-order chi connectivity index (χ0) is 13.0. The van der Waals surface area contributed by atoms with Crippen LogP contribution in [-0.2, 0) is 15.1 Å². The maximum absolute atomic E-state index is 11.8. The predicted octanol–water partition coefficient (Wildman–Crippen LogP) is 3.11. The summed E-state index contributed by atoms with van der Waals surface area (Å²) in [7, 11) is 0. The molecule has 3 nitrogen and oxygen atoms in total. The summed E-state index contributed by atoms with van der Waals surface area (Å²) in [5.41, 5.74) is 1.03. The van der Waals surface area contributed by atoms with Gasteiger partial charge in [0, 0.05) is 18.4 Å². The number of alkyl halides is 1. The molecule has 3 aliphatic heterocycles. The smallest absolute Gasteiger partial charge is 0.350 e. The highest BCUT2D eigenvalue weighted by Crippen LogP contribution is 2.49. The first-order valence-corrected chi connectivity index (χ1v) is 6.47. The van der Waals surface area contributed by atoms with Crippen LogP contribution in [0.25, 0.3) is 0 Å². The number of hydrogen-bond acceptors (Lipinski definition) is 3. The Balaban J connectivity index is 2.13. The fraction of sp³-hybridized carbons (Fsp3) is 0.385. The van der Waals surface area contributed by atoms with Gasteiger partial charge in [0.1, 0.15) is 0 Å². The Kier molecular flexibility index (Phi) is 2.48. The molecule has 3 heterocycles. The molecule has 1 fully saturated rings. The van der Waals surface area contributed by atoms with Gasteiger partial charge >= 0.3 is 5.97 Å².